The maximum absolute atomic E-state index is 12.4. The number of carbonyl (C=O) groups is 1. The van der Waals surface area contributed by atoms with Crippen molar-refractivity contribution in [3.05, 3.63) is 28.2 Å². The fourth-order valence-corrected chi connectivity index (χ4v) is 3.61. The van der Waals surface area contributed by atoms with Crippen LogP contribution in [0.2, 0.25) is 0 Å². The number of benzene rings is 1. The highest BCUT2D eigenvalue weighted by Crippen LogP contribution is 2.23. The van der Waals surface area contributed by atoms with E-state index < -0.39 is 22.5 Å². The molecule has 0 heterocycles. The summed E-state index contributed by atoms with van der Waals surface area (Å²) in [6.45, 7) is 3.30. The highest BCUT2D eigenvalue weighted by molar-refractivity contribution is 9.10. The average molecular weight is 350 g/mol. The molecule has 5 nitrogen and oxygen atoms in total. The average Bonchev–Trinajstić information content (AvgIpc) is 2.31. The van der Waals surface area contributed by atoms with Crippen LogP contribution in [-0.4, -0.2) is 36.9 Å². The van der Waals surface area contributed by atoms with Crippen molar-refractivity contribution >= 4 is 31.9 Å². The van der Waals surface area contributed by atoms with Gasteiger partial charge >= 0.3 is 5.97 Å². The van der Waals surface area contributed by atoms with E-state index in [0.29, 0.717) is 10.9 Å². The lowest BCUT2D eigenvalue weighted by Crippen LogP contribution is -2.36. The Kier molecular flexibility index (Phi) is 5.51. The topological polar surface area (TPSA) is 74.7 Å². The zero-order valence-electron chi connectivity index (χ0n) is 10.8. The van der Waals surface area contributed by atoms with Gasteiger partial charge in [0.05, 0.1) is 4.90 Å². The van der Waals surface area contributed by atoms with E-state index in [-0.39, 0.29) is 11.4 Å². The SMILES string of the molecule is CCCN(CC(=O)O)S(=O)(=O)c1ccc(C)c(Br)c1. The second-order valence-electron chi connectivity index (χ2n) is 4.14. The summed E-state index contributed by atoms with van der Waals surface area (Å²) in [6.07, 6.45) is 0.555. The Labute approximate surface area is 121 Å². The highest BCUT2D eigenvalue weighted by Gasteiger charge is 2.26. The maximum Gasteiger partial charge on any atom is 0.318 e. The first-order chi connectivity index (χ1) is 8.78. The number of nitrogens with zero attached hydrogens (tertiary/aromatic N) is 1. The van der Waals surface area contributed by atoms with Gasteiger partial charge in [0.25, 0.3) is 0 Å². The monoisotopic (exact) mass is 349 g/mol. The van der Waals surface area contributed by atoms with E-state index in [1.807, 2.05) is 6.92 Å². The Hall–Kier alpha value is -0.920. The molecule has 0 saturated heterocycles. The van der Waals surface area contributed by atoms with Gasteiger partial charge in [-0.15, -0.1) is 0 Å². The van der Waals surface area contributed by atoms with Crippen LogP contribution in [-0.2, 0) is 14.8 Å². The molecule has 0 aromatic heterocycles. The van der Waals surface area contributed by atoms with Crippen molar-refractivity contribution in [2.75, 3.05) is 13.1 Å². The fourth-order valence-electron chi connectivity index (χ4n) is 1.57. The lowest BCUT2D eigenvalue weighted by atomic mass is 10.2. The molecule has 1 rings (SSSR count). The van der Waals surface area contributed by atoms with Gasteiger partial charge in [-0.3, -0.25) is 4.79 Å². The lowest BCUT2D eigenvalue weighted by molar-refractivity contribution is -0.137. The van der Waals surface area contributed by atoms with E-state index in [2.05, 4.69) is 15.9 Å². The van der Waals surface area contributed by atoms with Crippen molar-refractivity contribution in [1.82, 2.24) is 4.31 Å². The van der Waals surface area contributed by atoms with E-state index >= 15 is 0 Å². The van der Waals surface area contributed by atoms with Crippen molar-refractivity contribution in [1.29, 1.82) is 0 Å². The molecule has 1 N–H and O–H groups in total. The van der Waals surface area contributed by atoms with Crippen LogP contribution in [0.15, 0.2) is 27.6 Å². The zero-order chi connectivity index (χ0) is 14.6. The van der Waals surface area contributed by atoms with Gasteiger partial charge in [-0.1, -0.05) is 28.9 Å². The van der Waals surface area contributed by atoms with Crippen LogP contribution in [0.3, 0.4) is 0 Å². The van der Waals surface area contributed by atoms with E-state index in [1.54, 1.807) is 13.0 Å². The first kappa shape index (κ1) is 16.1. The first-order valence-electron chi connectivity index (χ1n) is 5.77. The number of hydrogen-bond acceptors (Lipinski definition) is 3. The van der Waals surface area contributed by atoms with Crippen LogP contribution < -0.4 is 0 Å². The van der Waals surface area contributed by atoms with Gasteiger partial charge in [-0.25, -0.2) is 8.42 Å². The summed E-state index contributed by atoms with van der Waals surface area (Å²) in [5.74, 6) is -1.16. The third-order valence-corrected chi connectivity index (χ3v) is 5.26. The van der Waals surface area contributed by atoms with Crippen LogP contribution in [0, 0.1) is 6.92 Å². The third kappa shape index (κ3) is 4.02. The van der Waals surface area contributed by atoms with E-state index in [4.69, 9.17) is 5.11 Å². The Morgan fingerprint density at radius 3 is 2.53 bits per heavy atom. The van der Waals surface area contributed by atoms with Crippen LogP contribution in [0.4, 0.5) is 0 Å². The Morgan fingerprint density at radius 1 is 1.42 bits per heavy atom. The summed E-state index contributed by atoms with van der Waals surface area (Å²) in [4.78, 5) is 10.9. The molecule has 0 aliphatic carbocycles. The predicted octanol–water partition coefficient (Wildman–Crippen LogP) is 2.24. The van der Waals surface area contributed by atoms with Gasteiger partial charge in [0.2, 0.25) is 10.0 Å². The molecule has 0 aliphatic rings. The highest BCUT2D eigenvalue weighted by atomic mass is 79.9. The van der Waals surface area contributed by atoms with Gasteiger partial charge in [0.1, 0.15) is 6.54 Å². The number of aliphatic carboxylic acids is 1. The van der Waals surface area contributed by atoms with Gasteiger partial charge in [-0.2, -0.15) is 4.31 Å². The Bertz CT molecular complexity index is 571. The minimum absolute atomic E-state index is 0.0969. The summed E-state index contributed by atoms with van der Waals surface area (Å²) in [7, 11) is -3.78. The largest absolute Gasteiger partial charge is 0.480 e. The fraction of sp³-hybridized carbons (Fsp3) is 0.417. The molecule has 106 valence electrons. The van der Waals surface area contributed by atoms with Gasteiger partial charge < -0.3 is 5.11 Å². The third-order valence-electron chi connectivity index (χ3n) is 2.57. The Morgan fingerprint density at radius 2 is 2.05 bits per heavy atom. The molecule has 0 bridgehead atoms. The molecular weight excluding hydrogens is 334 g/mol. The summed E-state index contributed by atoms with van der Waals surface area (Å²) in [5, 5.41) is 8.80. The van der Waals surface area contributed by atoms with Gasteiger partial charge in [0, 0.05) is 11.0 Å². The number of hydrogen-bond donors (Lipinski definition) is 1. The van der Waals surface area contributed by atoms with Crippen molar-refractivity contribution < 1.29 is 18.3 Å². The molecule has 7 heteroatoms. The second kappa shape index (κ2) is 6.49. The van der Waals surface area contributed by atoms with E-state index in [1.165, 1.54) is 12.1 Å². The summed E-state index contributed by atoms with van der Waals surface area (Å²) in [6, 6.07) is 4.66. The van der Waals surface area contributed by atoms with E-state index in [0.717, 1.165) is 9.87 Å². The molecular formula is C12H16BrNO4S. The number of rotatable bonds is 6. The molecule has 0 spiro atoms. The molecule has 0 aliphatic heterocycles. The standard InChI is InChI=1S/C12H16BrNO4S/c1-3-6-14(8-12(15)16)19(17,18)10-5-4-9(2)11(13)7-10/h4-5,7H,3,6,8H2,1-2H3,(H,15,16). The van der Waals surface area contributed by atoms with Crippen LogP contribution in [0.25, 0.3) is 0 Å². The molecule has 0 fully saturated rings. The number of aryl methyl sites for hydroxylation is 1. The van der Waals surface area contributed by atoms with Crippen LogP contribution in [0.5, 0.6) is 0 Å². The molecule has 0 atom stereocenters. The maximum atomic E-state index is 12.4. The van der Waals surface area contributed by atoms with Crippen molar-refractivity contribution in [2.24, 2.45) is 0 Å². The number of carboxylic acid groups (broad SMARTS) is 1. The molecule has 19 heavy (non-hydrogen) atoms. The normalized spacial score (nSPS) is 11.8. The van der Waals surface area contributed by atoms with Gasteiger partial charge in [-0.05, 0) is 31.0 Å². The van der Waals surface area contributed by atoms with Gasteiger partial charge in [0.15, 0.2) is 0 Å². The zero-order valence-corrected chi connectivity index (χ0v) is 13.2. The quantitative estimate of drug-likeness (QED) is 0.854. The molecule has 0 amide bonds. The van der Waals surface area contributed by atoms with Crippen LogP contribution in [0.1, 0.15) is 18.9 Å². The van der Waals surface area contributed by atoms with Crippen LogP contribution >= 0.6 is 15.9 Å². The molecule has 1 aromatic carbocycles. The molecule has 0 radical (unpaired) electrons. The molecule has 1 aromatic rings. The summed E-state index contributed by atoms with van der Waals surface area (Å²) < 4.78 is 26.4. The molecule has 0 saturated carbocycles. The lowest BCUT2D eigenvalue weighted by Gasteiger charge is -2.20. The number of halogens is 1. The predicted molar refractivity (Wildman–Crippen MR) is 75.6 cm³/mol. The smallest absolute Gasteiger partial charge is 0.318 e. The summed E-state index contributed by atoms with van der Waals surface area (Å²) in [5.41, 5.74) is 0.916. The van der Waals surface area contributed by atoms with Crippen molar-refractivity contribution in [3.63, 3.8) is 0 Å². The second-order valence-corrected chi connectivity index (χ2v) is 6.94. The van der Waals surface area contributed by atoms with Crippen molar-refractivity contribution in [3.8, 4) is 0 Å². The minimum atomic E-state index is -3.78. The number of sulfonamides is 1. The Balaban J connectivity index is 3.18. The summed E-state index contributed by atoms with van der Waals surface area (Å²) >= 11 is 3.28. The van der Waals surface area contributed by atoms with E-state index in [9.17, 15) is 13.2 Å². The number of carboxylic acids is 1. The first-order valence-corrected chi connectivity index (χ1v) is 8.00. The molecule has 0 unspecified atom stereocenters. The minimum Gasteiger partial charge on any atom is -0.480 e. The van der Waals surface area contributed by atoms with Crippen molar-refractivity contribution in [2.45, 2.75) is 25.2 Å².